The van der Waals surface area contributed by atoms with Crippen LogP contribution in [0, 0.1) is 5.92 Å². The highest BCUT2D eigenvalue weighted by Gasteiger charge is 2.22. The lowest BCUT2D eigenvalue weighted by Crippen LogP contribution is -2.31. The summed E-state index contributed by atoms with van der Waals surface area (Å²) in [4.78, 5) is 0. The number of methoxy groups -OCH3 is 1. The van der Waals surface area contributed by atoms with Gasteiger partial charge in [0.15, 0.2) is 0 Å². The molecule has 0 aliphatic heterocycles. The molecule has 17 heavy (non-hydrogen) atoms. The van der Waals surface area contributed by atoms with Crippen molar-refractivity contribution in [1.82, 2.24) is 5.32 Å². The van der Waals surface area contributed by atoms with Gasteiger partial charge in [-0.05, 0) is 51.1 Å². The minimum Gasteiger partial charge on any atom is -0.381 e. The summed E-state index contributed by atoms with van der Waals surface area (Å²) in [5.41, 5.74) is 0. The number of ether oxygens (including phenoxy) is 2. The Bertz CT molecular complexity index is 187. The summed E-state index contributed by atoms with van der Waals surface area (Å²) in [6.45, 7) is 7.49. The van der Waals surface area contributed by atoms with Crippen LogP contribution in [0.15, 0.2) is 0 Å². The molecule has 3 atom stereocenters. The van der Waals surface area contributed by atoms with Crippen molar-refractivity contribution < 1.29 is 9.47 Å². The lowest BCUT2D eigenvalue weighted by atomic mass is 9.95. The van der Waals surface area contributed by atoms with Crippen LogP contribution in [0.3, 0.4) is 0 Å². The van der Waals surface area contributed by atoms with Crippen molar-refractivity contribution in [1.29, 1.82) is 0 Å². The number of hydrogen-bond acceptors (Lipinski definition) is 3. The van der Waals surface area contributed by atoms with Gasteiger partial charge in [-0.25, -0.2) is 0 Å². The van der Waals surface area contributed by atoms with Crippen LogP contribution in [0.25, 0.3) is 0 Å². The molecule has 0 amide bonds. The molecule has 1 aliphatic carbocycles. The molecule has 0 heterocycles. The predicted octanol–water partition coefficient (Wildman–Crippen LogP) is 2.60. The highest BCUT2D eigenvalue weighted by molar-refractivity contribution is 4.73. The molecule has 3 unspecified atom stereocenters. The Hall–Kier alpha value is -0.120. The molecular weight excluding hydrogens is 214 g/mol. The molecule has 0 radical (unpaired) electrons. The molecule has 1 saturated carbocycles. The SMILES string of the molecule is CCCNCC(C)COC1CCCC(OC)C1. The minimum atomic E-state index is 0.419. The Labute approximate surface area is 106 Å². The van der Waals surface area contributed by atoms with E-state index in [-0.39, 0.29) is 0 Å². The third kappa shape index (κ3) is 6.39. The highest BCUT2D eigenvalue weighted by Crippen LogP contribution is 2.23. The lowest BCUT2D eigenvalue weighted by Gasteiger charge is -2.29. The van der Waals surface area contributed by atoms with Crippen molar-refractivity contribution in [3.63, 3.8) is 0 Å². The maximum atomic E-state index is 5.99. The van der Waals surface area contributed by atoms with Crippen LogP contribution in [0.5, 0.6) is 0 Å². The van der Waals surface area contributed by atoms with Crippen molar-refractivity contribution in [2.75, 3.05) is 26.8 Å². The first-order valence-corrected chi connectivity index (χ1v) is 7.11. The molecule has 0 saturated heterocycles. The van der Waals surface area contributed by atoms with Crippen LogP contribution in [0.2, 0.25) is 0 Å². The van der Waals surface area contributed by atoms with Crippen LogP contribution >= 0.6 is 0 Å². The number of nitrogens with one attached hydrogen (secondary N) is 1. The molecule has 3 heteroatoms. The summed E-state index contributed by atoms with van der Waals surface area (Å²) in [7, 11) is 1.81. The normalized spacial score (nSPS) is 27.0. The number of rotatable bonds is 8. The third-order valence-corrected chi connectivity index (χ3v) is 3.45. The molecule has 0 bridgehead atoms. The van der Waals surface area contributed by atoms with Gasteiger partial charge < -0.3 is 14.8 Å². The van der Waals surface area contributed by atoms with E-state index in [9.17, 15) is 0 Å². The zero-order valence-corrected chi connectivity index (χ0v) is 11.7. The Morgan fingerprint density at radius 1 is 1.29 bits per heavy atom. The van der Waals surface area contributed by atoms with Gasteiger partial charge >= 0.3 is 0 Å². The highest BCUT2D eigenvalue weighted by atomic mass is 16.5. The van der Waals surface area contributed by atoms with Crippen molar-refractivity contribution in [3.05, 3.63) is 0 Å². The first kappa shape index (κ1) is 14.9. The summed E-state index contributed by atoms with van der Waals surface area (Å²) in [6, 6.07) is 0. The van der Waals surface area contributed by atoms with Gasteiger partial charge in [0.2, 0.25) is 0 Å². The Morgan fingerprint density at radius 3 is 2.76 bits per heavy atom. The number of hydrogen-bond donors (Lipinski definition) is 1. The minimum absolute atomic E-state index is 0.419. The fourth-order valence-corrected chi connectivity index (χ4v) is 2.35. The fraction of sp³-hybridized carbons (Fsp3) is 1.00. The molecule has 1 fully saturated rings. The van der Waals surface area contributed by atoms with Crippen LogP contribution < -0.4 is 5.32 Å². The van der Waals surface area contributed by atoms with Crippen molar-refractivity contribution in [3.8, 4) is 0 Å². The molecule has 0 aromatic rings. The van der Waals surface area contributed by atoms with E-state index in [2.05, 4.69) is 19.2 Å². The molecule has 0 aromatic heterocycles. The summed E-state index contributed by atoms with van der Waals surface area (Å²) in [5, 5.41) is 3.44. The topological polar surface area (TPSA) is 30.5 Å². The standard InChI is InChI=1S/C14H29NO2/c1-4-8-15-10-12(2)11-17-14-7-5-6-13(9-14)16-3/h12-15H,4-11H2,1-3H3. The fourth-order valence-electron chi connectivity index (χ4n) is 2.35. The second-order valence-corrected chi connectivity index (χ2v) is 5.29. The maximum Gasteiger partial charge on any atom is 0.0600 e. The zero-order chi connectivity index (χ0) is 12.5. The Balaban J connectivity index is 2.08. The first-order chi connectivity index (χ1) is 8.26. The van der Waals surface area contributed by atoms with E-state index in [1.807, 2.05) is 7.11 Å². The Morgan fingerprint density at radius 2 is 2.06 bits per heavy atom. The maximum absolute atomic E-state index is 5.99. The lowest BCUT2D eigenvalue weighted by molar-refractivity contribution is -0.0382. The smallest absolute Gasteiger partial charge is 0.0600 e. The average Bonchev–Trinajstić information content (AvgIpc) is 2.37. The summed E-state index contributed by atoms with van der Waals surface area (Å²) >= 11 is 0. The molecule has 102 valence electrons. The van der Waals surface area contributed by atoms with E-state index in [1.165, 1.54) is 25.7 Å². The largest absolute Gasteiger partial charge is 0.381 e. The van der Waals surface area contributed by atoms with E-state index < -0.39 is 0 Å². The third-order valence-electron chi connectivity index (χ3n) is 3.45. The second kappa shape index (κ2) is 8.90. The van der Waals surface area contributed by atoms with E-state index in [0.29, 0.717) is 18.1 Å². The van der Waals surface area contributed by atoms with E-state index in [1.54, 1.807) is 0 Å². The summed E-state index contributed by atoms with van der Waals surface area (Å²) < 4.78 is 11.4. The van der Waals surface area contributed by atoms with Gasteiger partial charge in [-0.2, -0.15) is 0 Å². The predicted molar refractivity (Wildman–Crippen MR) is 71.3 cm³/mol. The van der Waals surface area contributed by atoms with Gasteiger partial charge in [-0.15, -0.1) is 0 Å². The zero-order valence-electron chi connectivity index (χ0n) is 11.7. The molecule has 1 rings (SSSR count). The Kier molecular flexibility index (Phi) is 7.82. The van der Waals surface area contributed by atoms with Gasteiger partial charge in [0.1, 0.15) is 0 Å². The van der Waals surface area contributed by atoms with Crippen molar-refractivity contribution in [2.45, 2.75) is 58.2 Å². The summed E-state index contributed by atoms with van der Waals surface area (Å²) in [5.74, 6) is 0.601. The monoisotopic (exact) mass is 243 g/mol. The van der Waals surface area contributed by atoms with E-state index in [0.717, 1.165) is 26.1 Å². The van der Waals surface area contributed by atoms with Gasteiger partial charge in [-0.3, -0.25) is 0 Å². The van der Waals surface area contributed by atoms with Gasteiger partial charge in [0.05, 0.1) is 18.8 Å². The first-order valence-electron chi connectivity index (χ1n) is 7.11. The quantitative estimate of drug-likeness (QED) is 0.665. The molecule has 1 N–H and O–H groups in total. The van der Waals surface area contributed by atoms with Gasteiger partial charge in [-0.1, -0.05) is 13.8 Å². The molecule has 1 aliphatic rings. The van der Waals surface area contributed by atoms with Crippen molar-refractivity contribution in [2.24, 2.45) is 5.92 Å². The van der Waals surface area contributed by atoms with Gasteiger partial charge in [0.25, 0.3) is 0 Å². The van der Waals surface area contributed by atoms with E-state index in [4.69, 9.17) is 9.47 Å². The average molecular weight is 243 g/mol. The second-order valence-electron chi connectivity index (χ2n) is 5.29. The van der Waals surface area contributed by atoms with E-state index >= 15 is 0 Å². The van der Waals surface area contributed by atoms with Crippen LogP contribution in [0.1, 0.15) is 46.0 Å². The van der Waals surface area contributed by atoms with Crippen LogP contribution in [0.4, 0.5) is 0 Å². The molecule has 0 spiro atoms. The molecular formula is C14H29NO2. The van der Waals surface area contributed by atoms with Crippen LogP contribution in [-0.2, 0) is 9.47 Å². The summed E-state index contributed by atoms with van der Waals surface area (Å²) in [6.07, 6.45) is 6.76. The van der Waals surface area contributed by atoms with Crippen molar-refractivity contribution >= 4 is 0 Å². The van der Waals surface area contributed by atoms with Gasteiger partial charge in [0, 0.05) is 7.11 Å². The van der Waals surface area contributed by atoms with Crippen LogP contribution in [-0.4, -0.2) is 39.0 Å². The molecule has 3 nitrogen and oxygen atoms in total. The molecule has 0 aromatic carbocycles.